The number of nitrogens with one attached hydrogen (secondary N) is 1. The van der Waals surface area contributed by atoms with E-state index in [1.807, 2.05) is 25.7 Å². The number of hydrogen-bond acceptors (Lipinski definition) is 6. The molecule has 0 radical (unpaired) electrons. The Morgan fingerprint density at radius 3 is 2.45 bits per heavy atom. The highest BCUT2D eigenvalue weighted by Gasteiger charge is 2.41. The van der Waals surface area contributed by atoms with E-state index in [0.29, 0.717) is 37.6 Å². The SMILES string of the molecule is CCCc1nnc(NC(=O)C2CCN(C(=O)C3CC(=O)N(C(C)(C)C)C3)CC2)s1. The predicted molar refractivity (Wildman–Crippen MR) is 111 cm³/mol. The summed E-state index contributed by atoms with van der Waals surface area (Å²) in [5, 5.41) is 12.5. The molecule has 160 valence electrons. The predicted octanol–water partition coefficient (Wildman–Crippen LogP) is 2.31. The minimum Gasteiger partial charge on any atom is -0.342 e. The lowest BCUT2D eigenvalue weighted by Gasteiger charge is -2.34. The van der Waals surface area contributed by atoms with Crippen LogP contribution in [0.5, 0.6) is 0 Å². The second kappa shape index (κ2) is 8.77. The van der Waals surface area contributed by atoms with Crippen LogP contribution in [0.4, 0.5) is 5.13 Å². The van der Waals surface area contributed by atoms with Gasteiger partial charge in [0, 0.05) is 43.9 Å². The number of piperidine rings is 1. The first-order valence-electron chi connectivity index (χ1n) is 10.4. The maximum Gasteiger partial charge on any atom is 0.229 e. The summed E-state index contributed by atoms with van der Waals surface area (Å²) in [5.74, 6) is -0.368. The standard InChI is InChI=1S/C20H31N5O3S/c1-5-6-15-22-23-19(29-15)21-17(27)13-7-9-24(10-8-13)18(28)14-11-16(26)25(12-14)20(2,3)4/h13-14H,5-12H2,1-4H3,(H,21,23,27). The van der Waals surface area contributed by atoms with Crippen LogP contribution in [0.2, 0.25) is 0 Å². The van der Waals surface area contributed by atoms with Crippen molar-refractivity contribution in [3.05, 3.63) is 5.01 Å². The van der Waals surface area contributed by atoms with E-state index in [0.717, 1.165) is 17.8 Å². The van der Waals surface area contributed by atoms with Crippen LogP contribution in [0.3, 0.4) is 0 Å². The highest BCUT2D eigenvalue weighted by atomic mass is 32.1. The zero-order valence-corrected chi connectivity index (χ0v) is 18.5. The quantitative estimate of drug-likeness (QED) is 0.787. The molecule has 3 rings (SSSR count). The number of anilines is 1. The molecule has 2 fully saturated rings. The van der Waals surface area contributed by atoms with Crippen LogP contribution >= 0.6 is 11.3 Å². The van der Waals surface area contributed by atoms with Crippen molar-refractivity contribution in [2.45, 2.75) is 65.3 Å². The lowest BCUT2D eigenvalue weighted by atomic mass is 9.94. The van der Waals surface area contributed by atoms with E-state index in [1.165, 1.54) is 11.3 Å². The molecule has 0 saturated carbocycles. The molecule has 1 aromatic rings. The number of aromatic nitrogens is 2. The highest BCUT2D eigenvalue weighted by Crippen LogP contribution is 2.29. The van der Waals surface area contributed by atoms with Crippen molar-refractivity contribution >= 4 is 34.2 Å². The molecule has 2 aliphatic heterocycles. The number of hydrogen-bond donors (Lipinski definition) is 1. The lowest BCUT2D eigenvalue weighted by Crippen LogP contribution is -2.46. The van der Waals surface area contributed by atoms with Crippen LogP contribution in [0.25, 0.3) is 0 Å². The number of carbonyl (C=O) groups is 3. The van der Waals surface area contributed by atoms with Crippen LogP contribution in [0, 0.1) is 11.8 Å². The summed E-state index contributed by atoms with van der Waals surface area (Å²) in [6.07, 6.45) is 3.40. The van der Waals surface area contributed by atoms with Crippen molar-refractivity contribution in [3.63, 3.8) is 0 Å². The fraction of sp³-hybridized carbons (Fsp3) is 0.750. The van der Waals surface area contributed by atoms with E-state index in [9.17, 15) is 14.4 Å². The van der Waals surface area contributed by atoms with E-state index < -0.39 is 0 Å². The molecule has 1 N–H and O–H groups in total. The first-order valence-corrected chi connectivity index (χ1v) is 11.2. The van der Waals surface area contributed by atoms with Gasteiger partial charge in [0.2, 0.25) is 22.9 Å². The molecule has 2 saturated heterocycles. The Bertz CT molecular complexity index is 764. The Morgan fingerprint density at radius 1 is 1.17 bits per heavy atom. The minimum absolute atomic E-state index is 0.0392. The molecule has 29 heavy (non-hydrogen) atoms. The van der Waals surface area contributed by atoms with E-state index in [2.05, 4.69) is 22.4 Å². The average Bonchev–Trinajstić information content (AvgIpc) is 3.27. The second-order valence-corrected chi connectivity index (χ2v) is 9.98. The van der Waals surface area contributed by atoms with E-state index in [-0.39, 0.29) is 41.5 Å². The van der Waals surface area contributed by atoms with Crippen LogP contribution in [0.15, 0.2) is 0 Å². The van der Waals surface area contributed by atoms with Crippen molar-refractivity contribution in [2.24, 2.45) is 11.8 Å². The monoisotopic (exact) mass is 421 g/mol. The Labute approximate surface area is 176 Å². The van der Waals surface area contributed by atoms with Gasteiger partial charge in [-0.15, -0.1) is 10.2 Å². The number of carbonyl (C=O) groups excluding carboxylic acids is 3. The summed E-state index contributed by atoms with van der Waals surface area (Å²) >= 11 is 1.42. The molecule has 0 bridgehead atoms. The number of nitrogens with zero attached hydrogens (tertiary/aromatic N) is 4. The molecule has 0 spiro atoms. The van der Waals surface area contributed by atoms with Crippen molar-refractivity contribution in [1.82, 2.24) is 20.0 Å². The van der Waals surface area contributed by atoms with Crippen LogP contribution in [-0.2, 0) is 20.8 Å². The molecule has 1 aromatic heterocycles. The van der Waals surface area contributed by atoms with Gasteiger partial charge in [-0.2, -0.15) is 0 Å². The Balaban J connectivity index is 1.49. The van der Waals surface area contributed by atoms with E-state index in [4.69, 9.17) is 0 Å². The Hall–Kier alpha value is -2.03. The van der Waals surface area contributed by atoms with Gasteiger partial charge in [0.15, 0.2) is 0 Å². The molecular formula is C20H31N5O3S. The van der Waals surface area contributed by atoms with Crippen molar-refractivity contribution < 1.29 is 14.4 Å². The lowest BCUT2D eigenvalue weighted by molar-refractivity contribution is -0.138. The Kier molecular flexibility index (Phi) is 6.55. The maximum atomic E-state index is 12.9. The van der Waals surface area contributed by atoms with Gasteiger partial charge in [0.25, 0.3) is 0 Å². The number of amides is 3. The summed E-state index contributed by atoms with van der Waals surface area (Å²) in [7, 11) is 0. The third-order valence-corrected chi connectivity index (χ3v) is 6.52. The first-order chi connectivity index (χ1) is 13.7. The molecular weight excluding hydrogens is 390 g/mol. The van der Waals surface area contributed by atoms with Crippen LogP contribution in [0.1, 0.15) is 58.4 Å². The molecule has 2 aliphatic rings. The summed E-state index contributed by atoms with van der Waals surface area (Å²) in [5.41, 5.74) is -0.265. The smallest absolute Gasteiger partial charge is 0.229 e. The summed E-state index contributed by atoms with van der Waals surface area (Å²) < 4.78 is 0. The molecule has 9 heteroatoms. The fourth-order valence-electron chi connectivity index (χ4n) is 3.97. The maximum absolute atomic E-state index is 12.9. The zero-order chi connectivity index (χ0) is 21.2. The molecule has 0 aromatic carbocycles. The average molecular weight is 422 g/mol. The van der Waals surface area contributed by atoms with E-state index >= 15 is 0 Å². The summed E-state index contributed by atoms with van der Waals surface area (Å²) in [4.78, 5) is 41.3. The largest absolute Gasteiger partial charge is 0.342 e. The van der Waals surface area contributed by atoms with Gasteiger partial charge < -0.3 is 15.1 Å². The second-order valence-electron chi connectivity index (χ2n) is 8.92. The van der Waals surface area contributed by atoms with Gasteiger partial charge in [-0.1, -0.05) is 18.3 Å². The number of likely N-dealkylation sites (tertiary alicyclic amines) is 2. The van der Waals surface area contributed by atoms with Gasteiger partial charge in [-0.05, 0) is 40.0 Å². The van der Waals surface area contributed by atoms with Gasteiger partial charge in [-0.25, -0.2) is 0 Å². The molecule has 0 aliphatic carbocycles. The molecule has 3 heterocycles. The molecule has 3 amide bonds. The third kappa shape index (κ3) is 5.12. The molecule has 1 atom stereocenters. The first kappa shape index (κ1) is 21.7. The fourth-order valence-corrected chi connectivity index (χ4v) is 4.81. The van der Waals surface area contributed by atoms with Gasteiger partial charge in [0.05, 0.1) is 5.92 Å². The zero-order valence-electron chi connectivity index (χ0n) is 17.7. The van der Waals surface area contributed by atoms with Gasteiger partial charge in [-0.3, -0.25) is 14.4 Å². The van der Waals surface area contributed by atoms with Crippen LogP contribution in [-0.4, -0.2) is 62.9 Å². The van der Waals surface area contributed by atoms with Gasteiger partial charge >= 0.3 is 0 Å². The Morgan fingerprint density at radius 2 is 1.86 bits per heavy atom. The van der Waals surface area contributed by atoms with Crippen LogP contribution < -0.4 is 5.32 Å². The molecule has 8 nitrogen and oxygen atoms in total. The highest BCUT2D eigenvalue weighted by molar-refractivity contribution is 7.15. The normalized spacial score (nSPS) is 21.0. The number of rotatable bonds is 5. The molecule has 1 unspecified atom stereocenters. The van der Waals surface area contributed by atoms with Crippen molar-refractivity contribution in [1.29, 1.82) is 0 Å². The number of aryl methyl sites for hydroxylation is 1. The summed E-state index contributed by atoms with van der Waals surface area (Å²) in [6.45, 7) is 9.64. The summed E-state index contributed by atoms with van der Waals surface area (Å²) in [6, 6.07) is 0. The topological polar surface area (TPSA) is 95.5 Å². The van der Waals surface area contributed by atoms with Crippen molar-refractivity contribution in [3.8, 4) is 0 Å². The minimum atomic E-state index is -0.273. The van der Waals surface area contributed by atoms with Gasteiger partial charge in [0.1, 0.15) is 5.01 Å². The van der Waals surface area contributed by atoms with Crippen molar-refractivity contribution in [2.75, 3.05) is 25.0 Å². The van der Waals surface area contributed by atoms with E-state index in [1.54, 1.807) is 4.90 Å². The third-order valence-electron chi connectivity index (χ3n) is 5.62.